The molecule has 0 amide bonds. The van der Waals surface area contributed by atoms with Crippen LogP contribution in [0.25, 0.3) is 0 Å². The van der Waals surface area contributed by atoms with Crippen LogP contribution in [-0.4, -0.2) is 43.6 Å². The first kappa shape index (κ1) is 14.2. The lowest BCUT2D eigenvalue weighted by atomic mass is 10.6. The van der Waals surface area contributed by atoms with Gasteiger partial charge < -0.3 is 25.4 Å². The molecule has 0 unspecified atom stereocenters. The minimum absolute atomic E-state index is 0.0383. The predicted octanol–water partition coefficient (Wildman–Crippen LogP) is 0.00830. The molecule has 1 rings (SSSR count). The van der Waals surface area contributed by atoms with Gasteiger partial charge in [0.15, 0.2) is 0 Å². The van der Waals surface area contributed by atoms with Crippen LogP contribution in [0.4, 0.5) is 5.95 Å². The number of aromatic hydroxyl groups is 1. The molecule has 0 aliphatic rings. The minimum atomic E-state index is -4.11. The van der Waals surface area contributed by atoms with Crippen LogP contribution in [0, 0.1) is 0 Å². The van der Waals surface area contributed by atoms with Gasteiger partial charge in [-0.2, -0.15) is 4.98 Å². The van der Waals surface area contributed by atoms with Crippen LogP contribution in [0.3, 0.4) is 0 Å². The number of ether oxygens (including phenoxy) is 1. The van der Waals surface area contributed by atoms with Gasteiger partial charge in [0.2, 0.25) is 11.8 Å². The average Bonchev–Trinajstić information content (AvgIpc) is 2.13. The Hall–Kier alpha value is -0.860. The molecule has 0 atom stereocenters. The molecule has 0 aliphatic carbocycles. The highest BCUT2D eigenvalue weighted by molar-refractivity contribution is 7.99. The zero-order chi connectivity index (χ0) is 12.9. The fourth-order valence-corrected chi connectivity index (χ4v) is 2.02. The van der Waals surface area contributed by atoms with Crippen molar-refractivity contribution < 1.29 is 24.2 Å². The standard InChI is InChI=1S/C7H12N3O5PS/c8-7-9-5(11)3-6(10-7)17-2-1-15-4-16(12,13)14/h3H,1-2,4H2,(H2,12,13,14)(H3,8,9,10,11). The first-order valence-electron chi connectivity index (χ1n) is 4.45. The Balaban J connectivity index is 2.29. The van der Waals surface area contributed by atoms with Gasteiger partial charge in [0.1, 0.15) is 11.4 Å². The molecule has 0 fully saturated rings. The summed E-state index contributed by atoms with van der Waals surface area (Å²) < 4.78 is 15.2. The van der Waals surface area contributed by atoms with Gasteiger partial charge in [0.05, 0.1) is 6.61 Å². The zero-order valence-electron chi connectivity index (χ0n) is 8.68. The molecule has 10 heteroatoms. The van der Waals surface area contributed by atoms with E-state index in [1.165, 1.54) is 17.8 Å². The number of rotatable bonds is 6. The summed E-state index contributed by atoms with van der Waals surface area (Å²) in [6, 6.07) is 1.34. The van der Waals surface area contributed by atoms with Crippen LogP contribution in [0.15, 0.2) is 11.1 Å². The second kappa shape index (κ2) is 6.18. The lowest BCUT2D eigenvalue weighted by Crippen LogP contribution is -2.01. The molecule has 1 heterocycles. The number of aromatic nitrogens is 2. The molecule has 0 bridgehead atoms. The van der Waals surface area contributed by atoms with Crippen molar-refractivity contribution in [2.24, 2.45) is 0 Å². The van der Waals surface area contributed by atoms with Crippen molar-refractivity contribution in [3.8, 4) is 5.88 Å². The summed E-state index contributed by atoms with van der Waals surface area (Å²) >= 11 is 1.23. The molecule has 0 saturated carbocycles. The molecule has 0 aromatic carbocycles. The van der Waals surface area contributed by atoms with E-state index in [4.69, 9.17) is 25.4 Å². The molecule has 0 aliphatic heterocycles. The number of hydrogen-bond acceptors (Lipinski definition) is 7. The third-order valence-corrected chi connectivity index (χ3v) is 2.84. The molecule has 1 aromatic heterocycles. The highest BCUT2D eigenvalue weighted by Gasteiger charge is 2.12. The fourth-order valence-electron chi connectivity index (χ4n) is 0.893. The molecule has 0 radical (unpaired) electrons. The summed E-state index contributed by atoms with van der Waals surface area (Å²) in [6.07, 6.45) is -0.606. The van der Waals surface area contributed by atoms with E-state index in [-0.39, 0.29) is 18.4 Å². The molecular weight excluding hydrogens is 269 g/mol. The first-order chi connectivity index (χ1) is 7.87. The Morgan fingerprint density at radius 2 is 2.18 bits per heavy atom. The number of hydrogen-bond donors (Lipinski definition) is 4. The third kappa shape index (κ3) is 6.44. The Morgan fingerprint density at radius 3 is 2.76 bits per heavy atom. The van der Waals surface area contributed by atoms with Crippen LogP contribution >= 0.6 is 19.4 Å². The van der Waals surface area contributed by atoms with Gasteiger partial charge in [-0.05, 0) is 0 Å². The van der Waals surface area contributed by atoms with Crippen molar-refractivity contribution in [3.63, 3.8) is 0 Å². The van der Waals surface area contributed by atoms with Crippen LogP contribution in [-0.2, 0) is 9.30 Å². The Kier molecular flexibility index (Phi) is 5.16. The van der Waals surface area contributed by atoms with Gasteiger partial charge in [0, 0.05) is 11.8 Å². The Labute approximate surface area is 101 Å². The summed E-state index contributed by atoms with van der Waals surface area (Å²) in [5.74, 6) is 0.162. The minimum Gasteiger partial charge on any atom is -0.493 e. The number of nitrogens with two attached hydrogens (primary N) is 1. The van der Waals surface area contributed by atoms with E-state index in [0.29, 0.717) is 10.8 Å². The van der Waals surface area contributed by atoms with Gasteiger partial charge in [-0.3, -0.25) is 4.57 Å². The molecular formula is C7H12N3O5PS. The van der Waals surface area contributed by atoms with Crippen LogP contribution in [0.2, 0.25) is 0 Å². The lowest BCUT2D eigenvalue weighted by Gasteiger charge is -2.05. The zero-order valence-corrected chi connectivity index (χ0v) is 10.4. The summed E-state index contributed by atoms with van der Waals surface area (Å²) in [4.78, 5) is 24.4. The molecule has 17 heavy (non-hydrogen) atoms. The van der Waals surface area contributed by atoms with E-state index in [2.05, 4.69) is 9.97 Å². The lowest BCUT2D eigenvalue weighted by molar-refractivity contribution is 0.173. The predicted molar refractivity (Wildman–Crippen MR) is 61.7 cm³/mol. The Bertz CT molecular complexity index is 406. The second-order valence-electron chi connectivity index (χ2n) is 2.97. The number of thioether (sulfide) groups is 1. The highest BCUT2D eigenvalue weighted by Crippen LogP contribution is 2.33. The monoisotopic (exact) mass is 281 g/mol. The van der Waals surface area contributed by atoms with Gasteiger partial charge in [-0.1, -0.05) is 0 Å². The quantitative estimate of drug-likeness (QED) is 0.245. The first-order valence-corrected chi connectivity index (χ1v) is 7.24. The van der Waals surface area contributed by atoms with Crippen LogP contribution in [0.5, 0.6) is 5.88 Å². The Morgan fingerprint density at radius 1 is 1.47 bits per heavy atom. The molecule has 8 nitrogen and oxygen atoms in total. The molecule has 0 spiro atoms. The average molecular weight is 281 g/mol. The fraction of sp³-hybridized carbons (Fsp3) is 0.429. The van der Waals surface area contributed by atoms with E-state index in [9.17, 15) is 4.57 Å². The molecule has 0 saturated heterocycles. The van der Waals surface area contributed by atoms with Gasteiger partial charge in [0.25, 0.3) is 0 Å². The van der Waals surface area contributed by atoms with Crippen LogP contribution < -0.4 is 5.73 Å². The topological polar surface area (TPSA) is 139 Å². The summed E-state index contributed by atoms with van der Waals surface area (Å²) in [5, 5.41) is 9.59. The van der Waals surface area contributed by atoms with Crippen LogP contribution in [0.1, 0.15) is 0 Å². The molecule has 5 N–H and O–H groups in total. The van der Waals surface area contributed by atoms with E-state index in [0.717, 1.165) is 0 Å². The molecule has 96 valence electrons. The maximum Gasteiger partial charge on any atom is 0.350 e. The van der Waals surface area contributed by atoms with Crippen molar-refractivity contribution in [1.29, 1.82) is 0 Å². The second-order valence-corrected chi connectivity index (χ2v) is 5.68. The van der Waals surface area contributed by atoms with Crippen molar-refractivity contribution in [1.82, 2.24) is 9.97 Å². The van der Waals surface area contributed by atoms with E-state index < -0.39 is 13.9 Å². The van der Waals surface area contributed by atoms with Gasteiger partial charge >= 0.3 is 7.60 Å². The third-order valence-electron chi connectivity index (χ3n) is 1.44. The summed E-state index contributed by atoms with van der Waals surface area (Å²) in [7, 11) is -4.11. The van der Waals surface area contributed by atoms with E-state index >= 15 is 0 Å². The van der Waals surface area contributed by atoms with Crippen molar-refractivity contribution in [2.45, 2.75) is 5.03 Å². The van der Waals surface area contributed by atoms with Crippen molar-refractivity contribution in [3.05, 3.63) is 6.07 Å². The largest absolute Gasteiger partial charge is 0.493 e. The van der Waals surface area contributed by atoms with E-state index in [1.807, 2.05) is 0 Å². The maximum atomic E-state index is 10.4. The summed E-state index contributed by atoms with van der Waals surface area (Å²) in [6.45, 7) is 0.153. The highest BCUT2D eigenvalue weighted by atomic mass is 32.2. The maximum absolute atomic E-state index is 10.4. The normalized spacial score (nSPS) is 11.6. The number of nitrogen functional groups attached to an aromatic ring is 1. The molecule has 1 aromatic rings. The van der Waals surface area contributed by atoms with Crippen molar-refractivity contribution in [2.75, 3.05) is 24.4 Å². The van der Waals surface area contributed by atoms with Gasteiger partial charge in [-0.15, -0.1) is 11.8 Å². The van der Waals surface area contributed by atoms with Gasteiger partial charge in [-0.25, -0.2) is 4.98 Å². The SMILES string of the molecule is Nc1nc(O)cc(SCCOCP(=O)(O)O)n1. The summed E-state index contributed by atoms with van der Waals surface area (Å²) in [5.41, 5.74) is 5.32. The number of nitrogens with zero attached hydrogens (tertiary/aromatic N) is 2. The van der Waals surface area contributed by atoms with E-state index in [1.54, 1.807) is 0 Å². The number of anilines is 1. The van der Waals surface area contributed by atoms with Crippen molar-refractivity contribution >= 4 is 25.3 Å². The smallest absolute Gasteiger partial charge is 0.350 e.